The summed E-state index contributed by atoms with van der Waals surface area (Å²) in [4.78, 5) is 42.3. The van der Waals surface area contributed by atoms with Gasteiger partial charge in [-0.2, -0.15) is 0 Å². The molecule has 0 fully saturated rings. The summed E-state index contributed by atoms with van der Waals surface area (Å²) in [7, 11) is 0. The lowest BCUT2D eigenvalue weighted by Crippen LogP contribution is -2.39. The number of hydrogen-bond donors (Lipinski definition) is 0. The summed E-state index contributed by atoms with van der Waals surface area (Å²) in [6, 6.07) is 15.0. The molecule has 0 amide bonds. The second-order valence-corrected chi connectivity index (χ2v) is 11.8. The number of allylic oxidation sites excluding steroid dienone is 2. The quantitative estimate of drug-likeness (QED) is 0.141. The number of nitro groups is 1. The molecule has 1 aliphatic heterocycles. The number of benzene rings is 2. The van der Waals surface area contributed by atoms with Crippen LogP contribution in [0.15, 0.2) is 90.6 Å². The minimum atomic E-state index is -0.858. The lowest BCUT2D eigenvalue weighted by atomic mass is 9.98. The Kier molecular flexibility index (Phi) is 7.47. The topological polar surface area (TPSA) is 121 Å². The molecule has 4 heterocycles. The van der Waals surface area contributed by atoms with Gasteiger partial charge in [-0.05, 0) is 62.4 Å². The Morgan fingerprint density at radius 2 is 1.74 bits per heavy atom. The van der Waals surface area contributed by atoms with E-state index >= 15 is 0 Å². The fourth-order valence-electron chi connectivity index (χ4n) is 4.86. The van der Waals surface area contributed by atoms with Crippen LogP contribution in [0.25, 0.3) is 28.7 Å². The molecule has 0 saturated carbocycles. The lowest BCUT2D eigenvalue weighted by Gasteiger charge is -2.22. The van der Waals surface area contributed by atoms with Crippen molar-refractivity contribution < 1.29 is 18.6 Å². The normalized spacial score (nSPS) is 15.0. The average molecular weight is 655 g/mol. The smallest absolute Gasteiger partial charge is 0.271 e. The number of furan rings is 2. The van der Waals surface area contributed by atoms with Crippen molar-refractivity contribution in [2.75, 3.05) is 0 Å². The molecular formula is C30H18Cl3N3O6S. The molecule has 1 atom stereocenters. The standard InChI is InChI=1S/C30H18Cl3N3O6S/c1-14-27(15(2)37)28(25-10-9-23(42-25)16-3-6-21(32)22(33)11-16)35-29(38)26(43-30(35)34-14)13-18-5-8-24(41-18)19-12-17(36(39)40)4-7-20(19)31/h3-13,28H,1-2H3/b26-13+/t28-/m1/s1. The van der Waals surface area contributed by atoms with Crippen LogP contribution < -0.4 is 14.9 Å². The zero-order valence-electron chi connectivity index (χ0n) is 22.3. The van der Waals surface area contributed by atoms with Crippen LogP contribution in [0.2, 0.25) is 15.1 Å². The van der Waals surface area contributed by atoms with Crippen LogP contribution in [0.1, 0.15) is 31.4 Å². The van der Waals surface area contributed by atoms with Crippen molar-refractivity contribution in [3.63, 3.8) is 0 Å². The minimum Gasteiger partial charge on any atom is -0.458 e. The molecule has 0 bridgehead atoms. The third kappa shape index (κ3) is 5.27. The van der Waals surface area contributed by atoms with Crippen LogP contribution in [-0.4, -0.2) is 15.3 Å². The molecule has 43 heavy (non-hydrogen) atoms. The maximum atomic E-state index is 13.8. The van der Waals surface area contributed by atoms with Crippen LogP contribution in [0.4, 0.5) is 5.69 Å². The zero-order valence-corrected chi connectivity index (χ0v) is 25.3. The Morgan fingerprint density at radius 3 is 2.47 bits per heavy atom. The van der Waals surface area contributed by atoms with Crippen LogP contribution in [0, 0.1) is 10.1 Å². The number of carbonyl (C=O) groups is 1. The average Bonchev–Trinajstić information content (AvgIpc) is 3.70. The molecule has 1 aliphatic rings. The second-order valence-electron chi connectivity index (χ2n) is 9.59. The Balaban J connectivity index is 1.44. The van der Waals surface area contributed by atoms with E-state index in [1.54, 1.807) is 55.5 Å². The van der Waals surface area contributed by atoms with Gasteiger partial charge in [-0.15, -0.1) is 0 Å². The highest BCUT2D eigenvalue weighted by Gasteiger charge is 2.33. The molecule has 0 aliphatic carbocycles. The predicted molar refractivity (Wildman–Crippen MR) is 164 cm³/mol. The molecule has 0 radical (unpaired) electrons. The van der Waals surface area contributed by atoms with Crippen molar-refractivity contribution >= 4 is 63.7 Å². The first kappa shape index (κ1) is 28.9. The highest BCUT2D eigenvalue weighted by atomic mass is 35.5. The van der Waals surface area contributed by atoms with Crippen LogP contribution in [-0.2, 0) is 4.79 Å². The molecule has 0 N–H and O–H groups in total. The van der Waals surface area contributed by atoms with Gasteiger partial charge in [0.2, 0.25) is 0 Å². The molecule has 3 aromatic heterocycles. The second kappa shape index (κ2) is 11.1. The lowest BCUT2D eigenvalue weighted by molar-refractivity contribution is -0.384. The third-order valence-corrected chi connectivity index (χ3v) is 8.88. The summed E-state index contributed by atoms with van der Waals surface area (Å²) in [6.45, 7) is 3.13. The number of hydrogen-bond acceptors (Lipinski definition) is 8. The van der Waals surface area contributed by atoms with Crippen molar-refractivity contribution in [3.8, 4) is 22.6 Å². The van der Waals surface area contributed by atoms with Crippen LogP contribution in [0.5, 0.6) is 0 Å². The van der Waals surface area contributed by atoms with Crippen LogP contribution in [0.3, 0.4) is 0 Å². The van der Waals surface area contributed by atoms with Crippen molar-refractivity contribution in [2.45, 2.75) is 19.9 Å². The van der Waals surface area contributed by atoms with E-state index in [9.17, 15) is 19.7 Å². The number of non-ortho nitro benzene ring substituents is 1. The maximum absolute atomic E-state index is 13.8. The largest absolute Gasteiger partial charge is 0.458 e. The highest BCUT2D eigenvalue weighted by Crippen LogP contribution is 2.36. The summed E-state index contributed by atoms with van der Waals surface area (Å²) in [6.07, 6.45) is 1.55. The monoisotopic (exact) mass is 653 g/mol. The fraction of sp³-hybridized carbons (Fsp3) is 0.100. The van der Waals surface area contributed by atoms with E-state index in [-0.39, 0.29) is 16.5 Å². The Hall–Kier alpha value is -4.22. The summed E-state index contributed by atoms with van der Waals surface area (Å²) in [5, 5.41) is 12.3. The molecule has 216 valence electrons. The number of aromatic nitrogens is 1. The van der Waals surface area contributed by atoms with Crippen LogP contribution >= 0.6 is 46.1 Å². The summed E-state index contributed by atoms with van der Waals surface area (Å²) in [5.41, 5.74) is 1.28. The molecule has 0 spiro atoms. The van der Waals surface area contributed by atoms with Gasteiger partial charge in [-0.1, -0.05) is 46.1 Å². The van der Waals surface area contributed by atoms with Gasteiger partial charge in [0.15, 0.2) is 10.6 Å². The van der Waals surface area contributed by atoms with Gasteiger partial charge < -0.3 is 8.83 Å². The molecule has 0 saturated heterocycles. The van der Waals surface area contributed by atoms with E-state index < -0.39 is 16.5 Å². The van der Waals surface area contributed by atoms with Gasteiger partial charge in [0.05, 0.1) is 24.5 Å². The van der Waals surface area contributed by atoms with E-state index in [2.05, 4.69) is 4.99 Å². The molecule has 5 aromatic rings. The number of ketones is 1. The first-order valence-corrected chi connectivity index (χ1v) is 14.6. The number of Topliss-reactive ketones (excluding diaryl/α,β-unsaturated/α-hetero) is 1. The van der Waals surface area contributed by atoms with Gasteiger partial charge in [0, 0.05) is 40.6 Å². The number of carbonyl (C=O) groups excluding carboxylic acids is 1. The number of nitro benzene ring substituents is 1. The van der Waals surface area contributed by atoms with E-state index in [1.807, 2.05) is 0 Å². The molecular weight excluding hydrogens is 637 g/mol. The van der Waals surface area contributed by atoms with Gasteiger partial charge in [-0.25, -0.2) is 4.99 Å². The number of halogens is 3. The van der Waals surface area contributed by atoms with Gasteiger partial charge >= 0.3 is 0 Å². The predicted octanol–water partition coefficient (Wildman–Crippen LogP) is 7.21. The van der Waals surface area contributed by atoms with Crippen molar-refractivity contribution in [1.82, 2.24) is 4.57 Å². The Bertz CT molecular complexity index is 2190. The molecule has 0 unspecified atom stereocenters. The SMILES string of the molecule is CC(=O)C1=C(C)N=c2s/c(=C/c3ccc(-c4cc([N+](=O)[O-])ccc4Cl)o3)c(=O)n2[C@@H]1c1ccc(-c2ccc(Cl)c(Cl)c2)o1. The van der Waals surface area contributed by atoms with E-state index in [4.69, 9.17) is 43.6 Å². The van der Waals surface area contributed by atoms with Crippen molar-refractivity contribution in [2.24, 2.45) is 4.99 Å². The molecule has 2 aromatic carbocycles. The first-order chi connectivity index (χ1) is 20.5. The summed E-state index contributed by atoms with van der Waals surface area (Å²) >= 11 is 19.7. The number of fused-ring (bicyclic) bond motifs is 1. The zero-order chi connectivity index (χ0) is 30.6. The van der Waals surface area contributed by atoms with E-state index in [0.29, 0.717) is 64.8 Å². The molecule has 6 rings (SSSR count). The van der Waals surface area contributed by atoms with E-state index in [1.165, 1.54) is 29.7 Å². The third-order valence-electron chi connectivity index (χ3n) is 6.83. The summed E-state index contributed by atoms with van der Waals surface area (Å²) < 4.78 is 13.8. The number of rotatable bonds is 6. The fourth-order valence-corrected chi connectivity index (χ4v) is 6.40. The molecule has 9 nitrogen and oxygen atoms in total. The van der Waals surface area contributed by atoms with Crippen molar-refractivity contribution in [3.05, 3.63) is 128 Å². The van der Waals surface area contributed by atoms with Gasteiger partial charge in [-0.3, -0.25) is 24.3 Å². The number of thiazole rings is 1. The Labute approximate surface area is 261 Å². The maximum Gasteiger partial charge on any atom is 0.271 e. The number of nitrogens with zero attached hydrogens (tertiary/aromatic N) is 3. The minimum absolute atomic E-state index is 0.137. The van der Waals surface area contributed by atoms with Gasteiger partial charge in [0.25, 0.3) is 11.2 Å². The first-order valence-electron chi connectivity index (χ1n) is 12.6. The van der Waals surface area contributed by atoms with Crippen molar-refractivity contribution in [1.29, 1.82) is 0 Å². The Morgan fingerprint density at radius 1 is 1.00 bits per heavy atom. The van der Waals surface area contributed by atoms with Gasteiger partial charge in [0.1, 0.15) is 29.1 Å². The van der Waals surface area contributed by atoms with E-state index in [0.717, 1.165) is 11.3 Å². The summed E-state index contributed by atoms with van der Waals surface area (Å²) in [5.74, 6) is 1.22. The highest BCUT2D eigenvalue weighted by molar-refractivity contribution is 7.07. The molecule has 13 heteroatoms.